The fourth-order valence-corrected chi connectivity index (χ4v) is 5.80. The molecule has 5 aliphatic rings. The van der Waals surface area contributed by atoms with Gasteiger partial charge in [-0.2, -0.15) is 0 Å². The smallest absolute Gasteiger partial charge is 0.480 e. The number of hydrogen-bond donors (Lipinski definition) is 3. The highest BCUT2D eigenvalue weighted by Gasteiger charge is 2.57. The normalized spacial score (nSPS) is 35.2. The summed E-state index contributed by atoms with van der Waals surface area (Å²) < 4.78 is 51.6. The van der Waals surface area contributed by atoms with Crippen LogP contribution in [0.15, 0.2) is 18.2 Å². The summed E-state index contributed by atoms with van der Waals surface area (Å²) in [6, 6.07) is 4.77. The number of aliphatic hydroxyl groups excluding tert-OH is 1. The first-order valence-electron chi connectivity index (χ1n) is 11.6. The van der Waals surface area contributed by atoms with E-state index in [1.165, 1.54) is 0 Å². The first kappa shape index (κ1) is 24.6. The Hall–Kier alpha value is -2.08. The zero-order chi connectivity index (χ0) is 25.0. The average Bonchev–Trinajstić information content (AvgIpc) is 3.22. The molecule has 3 N–H and O–H groups in total. The molecule has 4 fully saturated rings. The van der Waals surface area contributed by atoms with E-state index in [2.05, 4.69) is 15.4 Å². The Bertz CT molecular complexity index is 996. The van der Waals surface area contributed by atoms with E-state index in [0.717, 1.165) is 12.8 Å². The predicted octanol–water partition coefficient (Wildman–Crippen LogP) is 2.76. The lowest BCUT2D eigenvalue weighted by Gasteiger charge is -2.39. The van der Waals surface area contributed by atoms with Crippen molar-refractivity contribution in [3.05, 3.63) is 28.8 Å². The summed E-state index contributed by atoms with van der Waals surface area (Å²) in [6.07, 6.45) is -5.36. The molecule has 8 nitrogen and oxygen atoms in total. The van der Waals surface area contributed by atoms with Crippen molar-refractivity contribution in [2.45, 2.75) is 80.9 Å². The highest BCUT2D eigenvalue weighted by atomic mass is 35.5. The third kappa shape index (κ3) is 5.37. The number of carbonyl (C=O) groups is 2. The number of rotatable bonds is 7. The van der Waals surface area contributed by atoms with Gasteiger partial charge in [0, 0.05) is 41.4 Å². The second-order valence-electron chi connectivity index (χ2n) is 9.95. The highest BCUT2D eigenvalue weighted by molar-refractivity contribution is 6.30. The molecule has 0 saturated heterocycles. The van der Waals surface area contributed by atoms with Crippen LogP contribution in [0.4, 0.5) is 13.2 Å². The molecule has 1 aliphatic heterocycles. The van der Waals surface area contributed by atoms with Crippen LogP contribution in [0.25, 0.3) is 0 Å². The second kappa shape index (κ2) is 9.10. The number of halogens is 4. The molecule has 192 valence electrons. The lowest BCUT2D eigenvalue weighted by molar-refractivity contribution is -0.357. The van der Waals surface area contributed by atoms with Gasteiger partial charge in [0.25, 0.3) is 5.91 Å². The van der Waals surface area contributed by atoms with Crippen LogP contribution in [0.3, 0.4) is 0 Å². The quantitative estimate of drug-likeness (QED) is 0.512. The molecular weight excluding hydrogens is 493 g/mol. The molecular formula is C23H26ClF3N2O6. The molecule has 12 heteroatoms. The molecule has 0 aromatic heterocycles. The number of amides is 2. The van der Waals surface area contributed by atoms with Gasteiger partial charge in [-0.25, -0.2) is 0 Å². The number of hydrogen-bond acceptors (Lipinski definition) is 6. The number of carbonyl (C=O) groups excluding carboxylic acids is 2. The standard InChI is InChI=1S/C23H26ClF3N2O6/c24-12-1-2-18-15(3-12)17(30)6-19(34-18)21(32)28-16-9-22(7-11(16)8-22)29-20(31)10-33-13-4-14(5-13)35-23(25,26)27/h1-3,11,13-14,16-17,19,30H,4-10H2,(H,28,32)(H,29,31)/t11?,13-,14+,16?,17-,19+,22?/m0/s1. The van der Waals surface area contributed by atoms with Gasteiger partial charge in [-0.3, -0.25) is 14.3 Å². The molecule has 1 aromatic rings. The van der Waals surface area contributed by atoms with E-state index in [4.69, 9.17) is 21.1 Å². The molecule has 0 radical (unpaired) electrons. The minimum absolute atomic E-state index is 0.101. The van der Waals surface area contributed by atoms with Gasteiger partial charge in [0.2, 0.25) is 5.91 Å². The topological polar surface area (TPSA) is 106 Å². The molecule has 6 rings (SSSR count). The van der Waals surface area contributed by atoms with Gasteiger partial charge in [0.05, 0.1) is 18.3 Å². The SMILES string of the molecule is O=C(CO[C@H]1C[C@@H](OC(F)(F)F)C1)NC12CC(C1)C(NC(=O)[C@H]1C[C@H](O)c3cc(Cl)ccc3O1)C2. The average molecular weight is 519 g/mol. The minimum Gasteiger partial charge on any atom is -0.480 e. The van der Waals surface area contributed by atoms with Crippen LogP contribution in [-0.2, 0) is 19.1 Å². The van der Waals surface area contributed by atoms with Crippen LogP contribution in [-0.4, -0.2) is 59.8 Å². The Morgan fingerprint density at radius 3 is 2.63 bits per heavy atom. The summed E-state index contributed by atoms with van der Waals surface area (Å²) in [5.41, 5.74) is 0.139. The summed E-state index contributed by atoms with van der Waals surface area (Å²) in [5.74, 6) is 0.0134. The molecule has 2 amide bonds. The van der Waals surface area contributed by atoms with Gasteiger partial charge in [-0.15, -0.1) is 13.2 Å². The summed E-state index contributed by atoms with van der Waals surface area (Å²) in [4.78, 5) is 25.2. The first-order valence-corrected chi connectivity index (χ1v) is 12.0. The summed E-state index contributed by atoms with van der Waals surface area (Å²) >= 11 is 5.97. The first-order chi connectivity index (χ1) is 16.5. The predicted molar refractivity (Wildman–Crippen MR) is 115 cm³/mol. The van der Waals surface area contributed by atoms with Crippen molar-refractivity contribution >= 4 is 23.4 Å². The van der Waals surface area contributed by atoms with Gasteiger partial charge in [-0.05, 0) is 43.4 Å². The Morgan fingerprint density at radius 1 is 1.17 bits per heavy atom. The second-order valence-corrected chi connectivity index (χ2v) is 10.4. The molecule has 1 heterocycles. The van der Waals surface area contributed by atoms with Crippen LogP contribution in [0.5, 0.6) is 5.75 Å². The van der Waals surface area contributed by atoms with E-state index in [9.17, 15) is 27.9 Å². The maximum Gasteiger partial charge on any atom is 0.522 e. The molecule has 1 aromatic carbocycles. The van der Waals surface area contributed by atoms with Gasteiger partial charge >= 0.3 is 6.36 Å². The van der Waals surface area contributed by atoms with Crippen LogP contribution in [0, 0.1) is 5.92 Å². The fourth-order valence-electron chi connectivity index (χ4n) is 5.62. The number of benzene rings is 1. The maximum atomic E-state index is 12.8. The van der Waals surface area contributed by atoms with Crippen molar-refractivity contribution < 1.29 is 42.1 Å². The van der Waals surface area contributed by atoms with Crippen molar-refractivity contribution in [2.75, 3.05) is 6.61 Å². The van der Waals surface area contributed by atoms with Crippen molar-refractivity contribution in [3.63, 3.8) is 0 Å². The molecule has 0 spiro atoms. The van der Waals surface area contributed by atoms with Gasteiger partial charge in [0.1, 0.15) is 12.4 Å². The van der Waals surface area contributed by atoms with E-state index in [-0.39, 0.29) is 49.6 Å². The maximum absolute atomic E-state index is 12.8. The molecule has 1 unspecified atom stereocenters. The lowest BCUT2D eigenvalue weighted by atomic mass is 9.76. The van der Waals surface area contributed by atoms with Crippen molar-refractivity contribution in [2.24, 2.45) is 5.92 Å². The Labute approximate surface area is 204 Å². The van der Waals surface area contributed by atoms with E-state index >= 15 is 0 Å². The van der Waals surface area contributed by atoms with E-state index in [1.807, 2.05) is 0 Å². The van der Waals surface area contributed by atoms with E-state index in [1.54, 1.807) is 18.2 Å². The van der Waals surface area contributed by atoms with Gasteiger partial charge < -0.3 is 25.2 Å². The number of ether oxygens (including phenoxy) is 3. The van der Waals surface area contributed by atoms with Crippen molar-refractivity contribution in [1.82, 2.24) is 10.6 Å². The number of fused-ring (bicyclic) bond motifs is 2. The molecule has 35 heavy (non-hydrogen) atoms. The van der Waals surface area contributed by atoms with Crippen molar-refractivity contribution in [3.8, 4) is 5.75 Å². The number of aliphatic hydroxyl groups is 1. The van der Waals surface area contributed by atoms with Crippen LogP contribution in [0.2, 0.25) is 5.02 Å². The zero-order valence-electron chi connectivity index (χ0n) is 18.6. The fraction of sp³-hybridized carbons (Fsp3) is 0.652. The Morgan fingerprint density at radius 2 is 1.91 bits per heavy atom. The van der Waals surface area contributed by atoms with E-state index < -0.39 is 36.3 Å². The van der Waals surface area contributed by atoms with Gasteiger partial charge in [-0.1, -0.05) is 11.6 Å². The van der Waals surface area contributed by atoms with Crippen LogP contribution < -0.4 is 15.4 Å². The lowest BCUT2D eigenvalue weighted by Crippen LogP contribution is -2.53. The summed E-state index contributed by atoms with van der Waals surface area (Å²) in [6.45, 7) is -0.232. The molecule has 4 saturated carbocycles. The third-order valence-corrected chi connectivity index (χ3v) is 7.58. The molecule has 3 atom stereocenters. The molecule has 4 aliphatic carbocycles. The summed E-state index contributed by atoms with van der Waals surface area (Å²) in [5, 5.41) is 16.9. The Kier molecular flexibility index (Phi) is 6.40. The number of alkyl halides is 3. The van der Waals surface area contributed by atoms with Gasteiger partial charge in [0.15, 0.2) is 6.10 Å². The van der Waals surface area contributed by atoms with E-state index in [0.29, 0.717) is 22.8 Å². The van der Waals surface area contributed by atoms with Crippen molar-refractivity contribution in [1.29, 1.82) is 0 Å². The highest BCUT2D eigenvalue weighted by Crippen LogP contribution is 2.52. The molecule has 2 bridgehead atoms. The Balaban J connectivity index is 1.05. The minimum atomic E-state index is -4.66. The third-order valence-electron chi connectivity index (χ3n) is 7.35. The number of nitrogens with one attached hydrogen (secondary N) is 2. The zero-order valence-corrected chi connectivity index (χ0v) is 19.4. The van der Waals surface area contributed by atoms with Crippen LogP contribution >= 0.6 is 11.6 Å². The monoisotopic (exact) mass is 518 g/mol. The largest absolute Gasteiger partial charge is 0.522 e. The van der Waals surface area contributed by atoms with Crippen LogP contribution in [0.1, 0.15) is 50.2 Å². The summed E-state index contributed by atoms with van der Waals surface area (Å²) in [7, 11) is 0.